The second-order valence-electron chi connectivity index (χ2n) is 6.52. The molecular formula is C19H23ClN2O2. The Morgan fingerprint density at radius 1 is 1.12 bits per heavy atom. The average Bonchev–Trinajstić information content (AvgIpc) is 2.51. The Hall–Kier alpha value is -2.20. The van der Waals surface area contributed by atoms with Crippen molar-refractivity contribution in [3.8, 4) is 5.75 Å². The van der Waals surface area contributed by atoms with Crippen LogP contribution in [0, 0.1) is 0 Å². The fourth-order valence-electron chi connectivity index (χ4n) is 2.13. The number of nitrogens with one attached hydrogen (secondary N) is 2. The molecule has 0 spiro atoms. The van der Waals surface area contributed by atoms with E-state index in [1.165, 1.54) is 5.56 Å². The minimum absolute atomic E-state index is 0.0778. The van der Waals surface area contributed by atoms with Crippen molar-refractivity contribution < 1.29 is 9.53 Å². The lowest BCUT2D eigenvalue weighted by atomic mass is 9.87. The number of benzene rings is 2. The van der Waals surface area contributed by atoms with E-state index in [0.717, 1.165) is 5.75 Å². The number of urea groups is 1. The Kier molecular flexibility index (Phi) is 6.10. The number of hydrogen-bond acceptors (Lipinski definition) is 2. The fourth-order valence-corrected chi connectivity index (χ4v) is 2.32. The van der Waals surface area contributed by atoms with Crippen LogP contribution in [0.5, 0.6) is 5.75 Å². The van der Waals surface area contributed by atoms with Crippen LogP contribution in [-0.2, 0) is 5.41 Å². The molecular weight excluding hydrogens is 324 g/mol. The summed E-state index contributed by atoms with van der Waals surface area (Å²) in [6.07, 6.45) is 0. The summed E-state index contributed by atoms with van der Waals surface area (Å²) in [5, 5.41) is 6.05. The molecule has 2 amide bonds. The summed E-state index contributed by atoms with van der Waals surface area (Å²) in [6, 6.07) is 14.7. The maximum atomic E-state index is 11.8. The predicted molar refractivity (Wildman–Crippen MR) is 99.1 cm³/mol. The third-order valence-corrected chi connectivity index (χ3v) is 3.67. The minimum Gasteiger partial charge on any atom is -0.492 e. The summed E-state index contributed by atoms with van der Waals surface area (Å²) in [5.74, 6) is 0.805. The summed E-state index contributed by atoms with van der Waals surface area (Å²) in [6.45, 7) is 7.29. The molecule has 4 nitrogen and oxygen atoms in total. The second kappa shape index (κ2) is 8.06. The van der Waals surface area contributed by atoms with Crippen molar-refractivity contribution in [3.63, 3.8) is 0 Å². The van der Waals surface area contributed by atoms with Crippen LogP contribution in [0.15, 0.2) is 48.5 Å². The average molecular weight is 347 g/mol. The Labute approximate surface area is 148 Å². The standard InChI is InChI=1S/C19H23ClN2O2/c1-19(2,3)14-6-4-9-17(12-14)24-11-10-21-18(23)22-16-8-5-7-15(20)13-16/h4-9,12-13H,10-11H2,1-3H3,(H2,21,22,23). The van der Waals surface area contributed by atoms with Gasteiger partial charge in [-0.05, 0) is 41.3 Å². The molecule has 2 rings (SSSR count). The smallest absolute Gasteiger partial charge is 0.319 e. The molecule has 0 fully saturated rings. The molecule has 0 atom stereocenters. The highest BCUT2D eigenvalue weighted by Gasteiger charge is 2.13. The highest BCUT2D eigenvalue weighted by atomic mass is 35.5. The number of hydrogen-bond donors (Lipinski definition) is 2. The van der Waals surface area contributed by atoms with Gasteiger partial charge in [-0.25, -0.2) is 4.79 Å². The molecule has 128 valence electrons. The zero-order valence-corrected chi connectivity index (χ0v) is 15.0. The summed E-state index contributed by atoms with van der Waals surface area (Å²) in [4.78, 5) is 11.8. The molecule has 0 radical (unpaired) electrons. The van der Waals surface area contributed by atoms with Gasteiger partial charge in [-0.2, -0.15) is 0 Å². The van der Waals surface area contributed by atoms with E-state index < -0.39 is 0 Å². The van der Waals surface area contributed by atoms with Gasteiger partial charge in [-0.1, -0.05) is 50.6 Å². The number of carbonyl (C=O) groups is 1. The number of rotatable bonds is 5. The van der Waals surface area contributed by atoms with Gasteiger partial charge in [-0.15, -0.1) is 0 Å². The van der Waals surface area contributed by atoms with E-state index in [0.29, 0.717) is 23.9 Å². The number of amides is 2. The zero-order valence-electron chi connectivity index (χ0n) is 14.2. The maximum Gasteiger partial charge on any atom is 0.319 e. The lowest BCUT2D eigenvalue weighted by molar-refractivity contribution is 0.247. The van der Waals surface area contributed by atoms with Crippen molar-refractivity contribution in [2.45, 2.75) is 26.2 Å². The van der Waals surface area contributed by atoms with Crippen LogP contribution in [-0.4, -0.2) is 19.2 Å². The molecule has 0 saturated heterocycles. The van der Waals surface area contributed by atoms with Gasteiger partial charge in [0, 0.05) is 10.7 Å². The van der Waals surface area contributed by atoms with Gasteiger partial charge in [0.1, 0.15) is 12.4 Å². The second-order valence-corrected chi connectivity index (χ2v) is 6.95. The summed E-state index contributed by atoms with van der Waals surface area (Å²) in [7, 11) is 0. The van der Waals surface area contributed by atoms with E-state index in [2.05, 4.69) is 37.5 Å². The molecule has 0 heterocycles. The number of carbonyl (C=O) groups excluding carboxylic acids is 1. The van der Waals surface area contributed by atoms with Crippen LogP contribution in [0.2, 0.25) is 5.02 Å². The van der Waals surface area contributed by atoms with E-state index in [9.17, 15) is 4.79 Å². The van der Waals surface area contributed by atoms with E-state index in [4.69, 9.17) is 16.3 Å². The highest BCUT2D eigenvalue weighted by molar-refractivity contribution is 6.30. The number of anilines is 1. The molecule has 5 heteroatoms. The highest BCUT2D eigenvalue weighted by Crippen LogP contribution is 2.25. The topological polar surface area (TPSA) is 50.4 Å². The minimum atomic E-state index is -0.288. The Balaban J connectivity index is 1.76. The maximum absolute atomic E-state index is 11.8. The molecule has 0 bridgehead atoms. The van der Waals surface area contributed by atoms with Crippen LogP contribution in [0.4, 0.5) is 10.5 Å². The first-order chi connectivity index (χ1) is 11.3. The molecule has 2 aromatic rings. The van der Waals surface area contributed by atoms with Crippen LogP contribution < -0.4 is 15.4 Å². The van der Waals surface area contributed by atoms with Gasteiger partial charge in [0.05, 0.1) is 6.54 Å². The molecule has 2 aromatic carbocycles. The normalized spacial score (nSPS) is 11.0. The van der Waals surface area contributed by atoms with Crippen molar-refractivity contribution >= 4 is 23.3 Å². The number of ether oxygens (including phenoxy) is 1. The molecule has 0 aliphatic heterocycles. The zero-order chi connectivity index (χ0) is 17.6. The van der Waals surface area contributed by atoms with Gasteiger partial charge in [0.25, 0.3) is 0 Å². The van der Waals surface area contributed by atoms with Crippen LogP contribution in [0.1, 0.15) is 26.3 Å². The van der Waals surface area contributed by atoms with Gasteiger partial charge in [-0.3, -0.25) is 0 Å². The first-order valence-corrected chi connectivity index (χ1v) is 8.26. The Morgan fingerprint density at radius 2 is 1.88 bits per heavy atom. The van der Waals surface area contributed by atoms with Crippen LogP contribution >= 0.6 is 11.6 Å². The van der Waals surface area contributed by atoms with Gasteiger partial charge < -0.3 is 15.4 Å². The summed E-state index contributed by atoms with van der Waals surface area (Å²) < 4.78 is 5.70. The van der Waals surface area contributed by atoms with E-state index in [-0.39, 0.29) is 11.4 Å². The quantitative estimate of drug-likeness (QED) is 0.761. The third kappa shape index (κ3) is 5.78. The summed E-state index contributed by atoms with van der Waals surface area (Å²) in [5.41, 5.74) is 1.94. The molecule has 0 aliphatic rings. The van der Waals surface area contributed by atoms with Gasteiger partial charge >= 0.3 is 6.03 Å². The van der Waals surface area contributed by atoms with Crippen molar-refractivity contribution in [2.75, 3.05) is 18.5 Å². The molecule has 2 N–H and O–H groups in total. The largest absolute Gasteiger partial charge is 0.492 e. The monoisotopic (exact) mass is 346 g/mol. The molecule has 0 unspecified atom stereocenters. The molecule has 0 aromatic heterocycles. The molecule has 0 aliphatic carbocycles. The van der Waals surface area contributed by atoms with Crippen LogP contribution in [0.25, 0.3) is 0 Å². The van der Waals surface area contributed by atoms with E-state index >= 15 is 0 Å². The molecule has 0 saturated carbocycles. The lowest BCUT2D eigenvalue weighted by Crippen LogP contribution is -2.32. The first-order valence-electron chi connectivity index (χ1n) is 7.88. The summed E-state index contributed by atoms with van der Waals surface area (Å²) >= 11 is 5.88. The molecule has 24 heavy (non-hydrogen) atoms. The van der Waals surface area contributed by atoms with E-state index in [1.807, 2.05) is 18.2 Å². The van der Waals surface area contributed by atoms with Crippen molar-refractivity contribution in [2.24, 2.45) is 0 Å². The SMILES string of the molecule is CC(C)(C)c1cccc(OCCNC(=O)Nc2cccc(Cl)c2)c1. The van der Waals surface area contributed by atoms with Crippen molar-refractivity contribution in [3.05, 3.63) is 59.1 Å². The third-order valence-electron chi connectivity index (χ3n) is 3.44. The lowest BCUT2D eigenvalue weighted by Gasteiger charge is -2.19. The number of halogens is 1. The Bertz CT molecular complexity index is 696. The fraction of sp³-hybridized carbons (Fsp3) is 0.316. The van der Waals surface area contributed by atoms with E-state index in [1.54, 1.807) is 24.3 Å². The predicted octanol–water partition coefficient (Wildman–Crippen LogP) is 4.84. The first kappa shape index (κ1) is 18.1. The van der Waals surface area contributed by atoms with Gasteiger partial charge in [0.2, 0.25) is 0 Å². The van der Waals surface area contributed by atoms with Gasteiger partial charge in [0.15, 0.2) is 0 Å². The van der Waals surface area contributed by atoms with Crippen molar-refractivity contribution in [1.82, 2.24) is 5.32 Å². The van der Waals surface area contributed by atoms with Crippen LogP contribution in [0.3, 0.4) is 0 Å². The van der Waals surface area contributed by atoms with Crippen molar-refractivity contribution in [1.29, 1.82) is 0 Å². The Morgan fingerprint density at radius 3 is 2.58 bits per heavy atom.